The summed E-state index contributed by atoms with van der Waals surface area (Å²) in [6.45, 7) is 5.90. The van der Waals surface area contributed by atoms with Crippen molar-refractivity contribution in [2.24, 2.45) is 5.41 Å². The minimum atomic E-state index is -0.672. The van der Waals surface area contributed by atoms with Crippen molar-refractivity contribution in [1.82, 2.24) is 9.55 Å². The van der Waals surface area contributed by atoms with Gasteiger partial charge in [-0.25, -0.2) is 18.2 Å². The molecule has 0 fully saturated rings. The highest BCUT2D eigenvalue weighted by atomic mass is 19.1. The van der Waals surface area contributed by atoms with Crippen LogP contribution in [-0.2, 0) is 11.3 Å². The quantitative estimate of drug-likeness (QED) is 0.707. The molecule has 0 atom stereocenters. The number of anilines is 1. The Bertz CT molecular complexity index is 985. The molecule has 2 aromatic heterocycles. The normalized spacial score (nSPS) is 11.8. The Labute approximate surface area is 155 Å². The number of fused-ring (bicyclic) bond motifs is 1. The lowest BCUT2D eigenvalue weighted by molar-refractivity contribution is -0.117. The zero-order valence-corrected chi connectivity index (χ0v) is 15.3. The molecule has 0 aliphatic carbocycles. The summed E-state index contributed by atoms with van der Waals surface area (Å²) in [5.74, 6) is -2.46. The molecule has 0 radical (unpaired) electrons. The first-order valence-corrected chi connectivity index (χ1v) is 8.51. The molecule has 0 aliphatic rings. The van der Waals surface area contributed by atoms with E-state index in [2.05, 4.69) is 10.3 Å². The Hall–Kier alpha value is -2.83. The van der Waals surface area contributed by atoms with Gasteiger partial charge in [0.2, 0.25) is 5.91 Å². The van der Waals surface area contributed by atoms with Gasteiger partial charge in [-0.2, -0.15) is 0 Å². The lowest BCUT2D eigenvalue weighted by Gasteiger charge is -2.17. The summed E-state index contributed by atoms with van der Waals surface area (Å²) in [7, 11) is 0. The lowest BCUT2D eigenvalue weighted by Crippen LogP contribution is -2.20. The summed E-state index contributed by atoms with van der Waals surface area (Å²) in [5, 5.41) is 2.50. The molecular weight excluding hydrogens is 355 g/mol. The number of carbonyl (C=O) groups excluding carboxylic acids is 1. The third kappa shape index (κ3) is 4.67. The molecule has 27 heavy (non-hydrogen) atoms. The van der Waals surface area contributed by atoms with Gasteiger partial charge in [-0.05, 0) is 29.2 Å². The molecule has 1 aromatic carbocycles. The molecule has 3 aromatic rings. The van der Waals surface area contributed by atoms with Crippen LogP contribution >= 0.6 is 0 Å². The number of hydrogen-bond acceptors (Lipinski definition) is 2. The Kier molecular flexibility index (Phi) is 4.95. The van der Waals surface area contributed by atoms with Crippen molar-refractivity contribution in [3.8, 4) is 0 Å². The predicted molar refractivity (Wildman–Crippen MR) is 97.9 cm³/mol. The Morgan fingerprint density at radius 3 is 2.41 bits per heavy atom. The number of nitrogens with one attached hydrogen (secondary N) is 1. The summed E-state index contributed by atoms with van der Waals surface area (Å²) >= 11 is 0. The van der Waals surface area contributed by atoms with Crippen molar-refractivity contribution in [2.45, 2.75) is 33.7 Å². The third-order valence-corrected chi connectivity index (χ3v) is 3.93. The van der Waals surface area contributed by atoms with Crippen LogP contribution in [0.3, 0.4) is 0 Å². The molecule has 0 saturated carbocycles. The van der Waals surface area contributed by atoms with Gasteiger partial charge in [0, 0.05) is 31.3 Å². The van der Waals surface area contributed by atoms with Gasteiger partial charge in [0.05, 0.1) is 11.0 Å². The molecule has 2 heterocycles. The van der Waals surface area contributed by atoms with E-state index >= 15 is 0 Å². The molecule has 4 nitrogen and oxygen atoms in total. The van der Waals surface area contributed by atoms with E-state index in [9.17, 15) is 18.0 Å². The third-order valence-electron chi connectivity index (χ3n) is 3.93. The summed E-state index contributed by atoms with van der Waals surface area (Å²) in [6.07, 6.45) is 1.89. The highest BCUT2D eigenvalue weighted by Crippen LogP contribution is 2.24. The molecule has 7 heteroatoms. The second-order valence-electron chi connectivity index (χ2n) is 7.73. The van der Waals surface area contributed by atoms with E-state index in [-0.39, 0.29) is 30.1 Å². The van der Waals surface area contributed by atoms with Crippen molar-refractivity contribution < 1.29 is 18.0 Å². The van der Waals surface area contributed by atoms with Crippen molar-refractivity contribution in [3.05, 3.63) is 59.5 Å². The van der Waals surface area contributed by atoms with E-state index in [1.165, 1.54) is 18.2 Å². The van der Waals surface area contributed by atoms with E-state index < -0.39 is 17.5 Å². The van der Waals surface area contributed by atoms with Crippen molar-refractivity contribution in [3.63, 3.8) is 0 Å². The fraction of sp³-hybridized carbons (Fsp3) is 0.300. The zero-order valence-electron chi connectivity index (χ0n) is 15.3. The largest absolute Gasteiger partial charge is 0.342 e. The van der Waals surface area contributed by atoms with Crippen LogP contribution in [0, 0.1) is 22.9 Å². The second-order valence-corrected chi connectivity index (χ2v) is 7.73. The first kappa shape index (κ1) is 18.9. The molecular formula is C20H20F3N3O. The Morgan fingerprint density at radius 1 is 1.11 bits per heavy atom. The molecule has 0 saturated heterocycles. The number of amides is 1. The number of aromatic nitrogens is 2. The van der Waals surface area contributed by atoms with Crippen molar-refractivity contribution >= 4 is 22.8 Å². The van der Waals surface area contributed by atoms with Gasteiger partial charge in [0.25, 0.3) is 0 Å². The molecule has 1 amide bonds. The van der Waals surface area contributed by atoms with Crippen LogP contribution in [0.1, 0.15) is 32.8 Å². The average molecular weight is 375 g/mol. The Balaban J connectivity index is 1.87. The van der Waals surface area contributed by atoms with Gasteiger partial charge in [0.1, 0.15) is 11.6 Å². The maximum Gasteiger partial charge on any atom is 0.226 e. The van der Waals surface area contributed by atoms with Crippen molar-refractivity contribution in [1.29, 1.82) is 0 Å². The molecule has 0 spiro atoms. The second kappa shape index (κ2) is 7.06. The number of pyridine rings is 1. The summed E-state index contributed by atoms with van der Waals surface area (Å²) in [5.41, 5.74) is 1.12. The number of rotatable bonds is 4. The number of carbonyl (C=O) groups is 1. The lowest BCUT2D eigenvalue weighted by atomic mass is 9.92. The standard InChI is InChI=1S/C20H20F3N3O/c1-20(2,3)10-18(27)25-19-15(23)9-17-16(24-19)4-5-26(17)11-12-6-13(21)8-14(22)7-12/h4-9H,10-11H2,1-3H3,(H,24,25,27). The van der Waals surface area contributed by atoms with Gasteiger partial charge in [-0.3, -0.25) is 4.79 Å². The SMILES string of the molecule is CC(C)(C)CC(=O)Nc1nc2ccn(Cc3cc(F)cc(F)c3)c2cc1F. The van der Waals surface area contributed by atoms with Gasteiger partial charge in [-0.1, -0.05) is 20.8 Å². The van der Waals surface area contributed by atoms with Crippen LogP contribution in [0.2, 0.25) is 0 Å². The van der Waals surface area contributed by atoms with Gasteiger partial charge < -0.3 is 9.88 Å². The van der Waals surface area contributed by atoms with E-state index in [4.69, 9.17) is 0 Å². The summed E-state index contributed by atoms with van der Waals surface area (Å²) < 4.78 is 42.8. The number of nitrogens with zero attached hydrogens (tertiary/aromatic N) is 2. The molecule has 0 aliphatic heterocycles. The fourth-order valence-electron chi connectivity index (χ4n) is 2.87. The Morgan fingerprint density at radius 2 is 1.78 bits per heavy atom. The summed E-state index contributed by atoms with van der Waals surface area (Å²) in [6, 6.07) is 6.15. The van der Waals surface area contributed by atoms with E-state index in [1.54, 1.807) is 16.8 Å². The highest BCUT2D eigenvalue weighted by Gasteiger charge is 2.18. The fourth-order valence-corrected chi connectivity index (χ4v) is 2.87. The maximum atomic E-state index is 14.4. The average Bonchev–Trinajstić information content (AvgIpc) is 2.86. The van der Waals surface area contributed by atoms with Crippen LogP contribution in [0.5, 0.6) is 0 Å². The predicted octanol–water partition coefficient (Wildman–Crippen LogP) is 4.88. The van der Waals surface area contributed by atoms with Crippen LogP contribution in [-0.4, -0.2) is 15.5 Å². The molecule has 142 valence electrons. The minimum Gasteiger partial charge on any atom is -0.342 e. The van der Waals surface area contributed by atoms with E-state index in [0.29, 0.717) is 16.6 Å². The van der Waals surface area contributed by atoms with Crippen LogP contribution in [0.15, 0.2) is 36.5 Å². The molecule has 1 N–H and O–H groups in total. The molecule has 0 bridgehead atoms. The van der Waals surface area contributed by atoms with E-state index in [0.717, 1.165) is 6.07 Å². The van der Waals surface area contributed by atoms with Crippen molar-refractivity contribution in [2.75, 3.05) is 5.32 Å². The van der Waals surface area contributed by atoms with Gasteiger partial charge in [-0.15, -0.1) is 0 Å². The highest BCUT2D eigenvalue weighted by molar-refractivity contribution is 5.91. The van der Waals surface area contributed by atoms with Gasteiger partial charge in [0.15, 0.2) is 11.6 Å². The van der Waals surface area contributed by atoms with Crippen LogP contribution in [0.25, 0.3) is 11.0 Å². The first-order valence-electron chi connectivity index (χ1n) is 8.51. The number of halogens is 3. The topological polar surface area (TPSA) is 46.9 Å². The van der Waals surface area contributed by atoms with E-state index in [1.807, 2.05) is 20.8 Å². The molecule has 3 rings (SSSR count). The zero-order chi connectivity index (χ0) is 19.8. The summed E-state index contributed by atoms with van der Waals surface area (Å²) in [4.78, 5) is 16.2. The maximum absolute atomic E-state index is 14.4. The first-order chi connectivity index (χ1) is 12.6. The molecule has 0 unspecified atom stereocenters. The number of hydrogen-bond donors (Lipinski definition) is 1. The smallest absolute Gasteiger partial charge is 0.226 e. The van der Waals surface area contributed by atoms with Gasteiger partial charge >= 0.3 is 0 Å². The van der Waals surface area contributed by atoms with Crippen LogP contribution in [0.4, 0.5) is 19.0 Å². The number of benzene rings is 1. The monoisotopic (exact) mass is 375 g/mol. The minimum absolute atomic E-state index is 0.133. The van der Waals surface area contributed by atoms with Crippen LogP contribution < -0.4 is 5.32 Å².